The number of hydrogen-bond acceptors (Lipinski definition) is 1. The number of nitrogens with one attached hydrogen (secondary N) is 1. The lowest BCUT2D eigenvalue weighted by molar-refractivity contribution is 0.102. The van der Waals surface area contributed by atoms with E-state index in [2.05, 4.69) is 21.2 Å². The Morgan fingerprint density at radius 3 is 2.48 bits per heavy atom. The summed E-state index contributed by atoms with van der Waals surface area (Å²) in [5.41, 5.74) is 0.964. The van der Waals surface area contributed by atoms with Crippen molar-refractivity contribution in [3.05, 3.63) is 76.5 Å². The summed E-state index contributed by atoms with van der Waals surface area (Å²) in [6.45, 7) is 0. The Morgan fingerprint density at radius 1 is 0.952 bits per heavy atom. The molecule has 0 bridgehead atoms. The highest BCUT2D eigenvalue weighted by atomic mass is 79.9. The standard InChI is InChI=1S/C17H11BrFNO/c18-15-8-6-13(10-16(15)19)17(21)20-14-7-5-11-3-1-2-4-12(11)9-14/h1-10H,(H,20,21). The Morgan fingerprint density at radius 2 is 1.71 bits per heavy atom. The van der Waals surface area contributed by atoms with E-state index < -0.39 is 5.82 Å². The maximum Gasteiger partial charge on any atom is 0.255 e. The van der Waals surface area contributed by atoms with E-state index in [0.29, 0.717) is 10.2 Å². The van der Waals surface area contributed by atoms with E-state index in [1.165, 1.54) is 12.1 Å². The topological polar surface area (TPSA) is 29.1 Å². The van der Waals surface area contributed by atoms with Crippen molar-refractivity contribution >= 4 is 38.3 Å². The number of halogens is 2. The summed E-state index contributed by atoms with van der Waals surface area (Å²) in [6.07, 6.45) is 0. The molecule has 0 saturated carbocycles. The Bertz CT molecular complexity index is 832. The molecule has 0 saturated heterocycles. The number of carbonyl (C=O) groups excluding carboxylic acids is 1. The lowest BCUT2D eigenvalue weighted by Crippen LogP contribution is -2.12. The SMILES string of the molecule is O=C(Nc1ccc2ccccc2c1)c1ccc(Br)c(F)c1. The van der Waals surface area contributed by atoms with Gasteiger partial charge in [0.05, 0.1) is 4.47 Å². The number of amides is 1. The number of hydrogen-bond donors (Lipinski definition) is 1. The van der Waals surface area contributed by atoms with Gasteiger partial charge in [-0.05, 0) is 57.0 Å². The third-order valence-electron chi connectivity index (χ3n) is 3.19. The first-order valence-electron chi connectivity index (χ1n) is 6.39. The number of rotatable bonds is 2. The summed E-state index contributed by atoms with van der Waals surface area (Å²) < 4.78 is 13.8. The molecule has 0 spiro atoms. The lowest BCUT2D eigenvalue weighted by atomic mass is 10.1. The molecule has 0 heterocycles. The van der Waals surface area contributed by atoms with E-state index in [1.54, 1.807) is 6.07 Å². The van der Waals surface area contributed by atoms with Crippen molar-refractivity contribution in [3.8, 4) is 0 Å². The van der Waals surface area contributed by atoms with Crippen LogP contribution in [0.15, 0.2) is 65.1 Å². The normalized spacial score (nSPS) is 10.6. The van der Waals surface area contributed by atoms with Crippen LogP contribution in [-0.2, 0) is 0 Å². The third-order valence-corrected chi connectivity index (χ3v) is 3.83. The molecule has 3 aromatic carbocycles. The number of carbonyl (C=O) groups is 1. The molecule has 0 fully saturated rings. The van der Waals surface area contributed by atoms with Gasteiger partial charge in [0.2, 0.25) is 0 Å². The first kappa shape index (κ1) is 13.8. The minimum atomic E-state index is -0.457. The fourth-order valence-corrected chi connectivity index (χ4v) is 2.35. The van der Waals surface area contributed by atoms with Crippen molar-refractivity contribution < 1.29 is 9.18 Å². The second-order valence-electron chi connectivity index (χ2n) is 4.64. The third kappa shape index (κ3) is 2.95. The van der Waals surface area contributed by atoms with Gasteiger partial charge in [-0.2, -0.15) is 0 Å². The van der Waals surface area contributed by atoms with Crippen LogP contribution >= 0.6 is 15.9 Å². The molecule has 4 heteroatoms. The van der Waals surface area contributed by atoms with Gasteiger partial charge < -0.3 is 5.32 Å². The van der Waals surface area contributed by atoms with E-state index >= 15 is 0 Å². The predicted molar refractivity (Wildman–Crippen MR) is 86.0 cm³/mol. The fraction of sp³-hybridized carbons (Fsp3) is 0. The van der Waals surface area contributed by atoms with Crippen LogP contribution in [0.1, 0.15) is 10.4 Å². The van der Waals surface area contributed by atoms with Gasteiger partial charge in [-0.15, -0.1) is 0 Å². The summed E-state index contributed by atoms with van der Waals surface area (Å²) >= 11 is 3.07. The summed E-state index contributed by atoms with van der Waals surface area (Å²) in [7, 11) is 0. The maximum absolute atomic E-state index is 13.5. The molecule has 0 aliphatic carbocycles. The molecule has 0 aliphatic rings. The summed E-state index contributed by atoms with van der Waals surface area (Å²) in [4.78, 5) is 12.1. The molecular weight excluding hydrogens is 333 g/mol. The van der Waals surface area contributed by atoms with Gasteiger partial charge in [-0.1, -0.05) is 30.3 Å². The van der Waals surface area contributed by atoms with E-state index in [0.717, 1.165) is 10.8 Å². The summed E-state index contributed by atoms with van der Waals surface area (Å²) in [6, 6.07) is 17.8. The van der Waals surface area contributed by atoms with Crippen molar-refractivity contribution in [1.29, 1.82) is 0 Å². The molecule has 0 aliphatic heterocycles. The van der Waals surface area contributed by atoms with Crippen molar-refractivity contribution in [2.45, 2.75) is 0 Å². The maximum atomic E-state index is 13.5. The molecular formula is C17H11BrFNO. The molecule has 0 aromatic heterocycles. The average Bonchev–Trinajstić information content (AvgIpc) is 2.50. The van der Waals surface area contributed by atoms with Gasteiger partial charge in [-0.3, -0.25) is 4.79 Å². The predicted octanol–water partition coefficient (Wildman–Crippen LogP) is 4.99. The molecule has 0 radical (unpaired) electrons. The van der Waals surface area contributed by atoms with Crippen molar-refractivity contribution in [1.82, 2.24) is 0 Å². The van der Waals surface area contributed by atoms with Gasteiger partial charge in [0, 0.05) is 11.3 Å². The number of fused-ring (bicyclic) bond motifs is 1. The van der Waals surface area contributed by atoms with Crippen molar-refractivity contribution in [3.63, 3.8) is 0 Å². The zero-order valence-corrected chi connectivity index (χ0v) is 12.5. The van der Waals surface area contributed by atoms with Crippen LogP contribution in [0.3, 0.4) is 0 Å². The Labute approximate surface area is 129 Å². The van der Waals surface area contributed by atoms with Crippen LogP contribution in [0, 0.1) is 5.82 Å². The Balaban J connectivity index is 1.87. The molecule has 3 rings (SSSR count). The van der Waals surface area contributed by atoms with Gasteiger partial charge in [-0.25, -0.2) is 4.39 Å². The first-order chi connectivity index (χ1) is 10.1. The Hall–Kier alpha value is -2.20. The number of anilines is 1. The van der Waals surface area contributed by atoms with Crippen LogP contribution in [-0.4, -0.2) is 5.91 Å². The first-order valence-corrected chi connectivity index (χ1v) is 7.18. The quantitative estimate of drug-likeness (QED) is 0.697. The number of benzene rings is 3. The van der Waals surface area contributed by atoms with Crippen molar-refractivity contribution in [2.75, 3.05) is 5.32 Å². The van der Waals surface area contributed by atoms with Gasteiger partial charge >= 0.3 is 0 Å². The highest BCUT2D eigenvalue weighted by molar-refractivity contribution is 9.10. The zero-order chi connectivity index (χ0) is 14.8. The minimum absolute atomic E-state index is 0.281. The van der Waals surface area contributed by atoms with Crippen LogP contribution in [0.25, 0.3) is 10.8 Å². The van der Waals surface area contributed by atoms with Crippen LogP contribution in [0.2, 0.25) is 0 Å². The van der Waals surface area contributed by atoms with Gasteiger partial charge in [0.15, 0.2) is 0 Å². The second kappa shape index (κ2) is 5.66. The fourth-order valence-electron chi connectivity index (χ4n) is 2.11. The summed E-state index contributed by atoms with van der Waals surface area (Å²) in [5.74, 6) is -0.794. The average molecular weight is 344 g/mol. The largest absolute Gasteiger partial charge is 0.322 e. The zero-order valence-electron chi connectivity index (χ0n) is 10.9. The molecule has 2 nitrogen and oxygen atoms in total. The molecule has 104 valence electrons. The van der Waals surface area contributed by atoms with Crippen LogP contribution in [0.4, 0.5) is 10.1 Å². The van der Waals surface area contributed by atoms with Crippen LogP contribution in [0.5, 0.6) is 0 Å². The minimum Gasteiger partial charge on any atom is -0.322 e. The molecule has 1 N–H and O–H groups in total. The van der Waals surface area contributed by atoms with E-state index in [1.807, 2.05) is 42.5 Å². The highest BCUT2D eigenvalue weighted by Crippen LogP contribution is 2.20. The summed E-state index contributed by atoms with van der Waals surface area (Å²) in [5, 5.41) is 4.92. The smallest absolute Gasteiger partial charge is 0.255 e. The molecule has 21 heavy (non-hydrogen) atoms. The van der Waals surface area contributed by atoms with Gasteiger partial charge in [0.1, 0.15) is 5.82 Å². The molecule has 1 amide bonds. The van der Waals surface area contributed by atoms with Crippen LogP contribution < -0.4 is 5.32 Å². The molecule has 0 unspecified atom stereocenters. The highest BCUT2D eigenvalue weighted by Gasteiger charge is 2.09. The monoisotopic (exact) mass is 343 g/mol. The lowest BCUT2D eigenvalue weighted by Gasteiger charge is -2.07. The molecule has 0 atom stereocenters. The van der Waals surface area contributed by atoms with E-state index in [-0.39, 0.29) is 11.5 Å². The van der Waals surface area contributed by atoms with Gasteiger partial charge in [0.25, 0.3) is 5.91 Å². The molecule has 3 aromatic rings. The van der Waals surface area contributed by atoms with E-state index in [9.17, 15) is 9.18 Å². The Kier molecular flexibility index (Phi) is 3.71. The van der Waals surface area contributed by atoms with E-state index in [4.69, 9.17) is 0 Å². The second-order valence-corrected chi connectivity index (χ2v) is 5.50. The van der Waals surface area contributed by atoms with Crippen molar-refractivity contribution in [2.24, 2.45) is 0 Å².